The van der Waals surface area contributed by atoms with Crippen LogP contribution >= 0.6 is 11.3 Å². The number of hydrogen-bond donors (Lipinski definition) is 0. The summed E-state index contributed by atoms with van der Waals surface area (Å²) < 4.78 is 0. The topological polar surface area (TPSA) is 23.6 Å². The molecular weight excluding hydrogens is 340 g/mol. The van der Waals surface area contributed by atoms with E-state index < -0.39 is 0 Å². The molecule has 1 aliphatic rings. The number of piperazine rings is 1. The summed E-state index contributed by atoms with van der Waals surface area (Å²) in [7, 11) is 0. The van der Waals surface area contributed by atoms with Gasteiger partial charge in [-0.25, -0.2) is 0 Å². The van der Waals surface area contributed by atoms with Crippen molar-refractivity contribution in [2.24, 2.45) is 0 Å². The Morgan fingerprint density at radius 3 is 2.08 bits per heavy atom. The Balaban J connectivity index is 1.56. The number of hydrogen-bond acceptors (Lipinski definition) is 3. The van der Waals surface area contributed by atoms with Gasteiger partial charge in [-0.3, -0.25) is 9.69 Å². The third-order valence-corrected chi connectivity index (χ3v) is 5.75. The highest BCUT2D eigenvalue weighted by molar-refractivity contribution is 7.10. The van der Waals surface area contributed by atoms with Crippen LogP contribution in [0.4, 0.5) is 0 Å². The molecule has 0 saturated carbocycles. The molecule has 4 heteroatoms. The fourth-order valence-electron chi connectivity index (χ4n) is 3.52. The van der Waals surface area contributed by atoms with Crippen LogP contribution in [0.25, 0.3) is 0 Å². The van der Waals surface area contributed by atoms with Crippen LogP contribution in [-0.2, 0) is 17.9 Å². The van der Waals surface area contributed by atoms with Crippen molar-refractivity contribution in [2.75, 3.05) is 13.1 Å². The fourth-order valence-corrected chi connectivity index (χ4v) is 4.37. The number of amides is 1. The summed E-state index contributed by atoms with van der Waals surface area (Å²) in [5.74, 6) is 0.207. The van der Waals surface area contributed by atoms with Gasteiger partial charge in [-0.2, -0.15) is 0 Å². The van der Waals surface area contributed by atoms with E-state index in [1.54, 1.807) is 11.3 Å². The Kier molecular flexibility index (Phi) is 5.14. The molecule has 1 fully saturated rings. The van der Waals surface area contributed by atoms with Crippen LogP contribution in [0.5, 0.6) is 0 Å². The molecule has 0 N–H and O–H groups in total. The van der Waals surface area contributed by atoms with Gasteiger partial charge < -0.3 is 4.90 Å². The summed E-state index contributed by atoms with van der Waals surface area (Å²) >= 11 is 1.67. The smallest absolute Gasteiger partial charge is 0.245 e. The summed E-state index contributed by atoms with van der Waals surface area (Å²) in [6.07, 6.45) is 0. The SMILES string of the molecule is O=C1C(c2cccs2)N(Cc2ccccc2)CCN1Cc1ccccc1. The molecule has 0 aliphatic carbocycles. The molecule has 0 bridgehead atoms. The van der Waals surface area contributed by atoms with Crippen molar-refractivity contribution in [1.29, 1.82) is 0 Å². The van der Waals surface area contributed by atoms with Crippen LogP contribution in [0, 0.1) is 0 Å². The standard InChI is InChI=1S/C22H22N2OS/c25-22-21(20-12-7-15-26-20)23(16-18-8-3-1-4-9-18)13-14-24(22)17-19-10-5-2-6-11-19/h1-12,15,21H,13-14,16-17H2. The number of benzene rings is 2. The highest BCUT2D eigenvalue weighted by Crippen LogP contribution is 2.31. The maximum absolute atomic E-state index is 13.3. The maximum Gasteiger partial charge on any atom is 0.245 e. The zero-order chi connectivity index (χ0) is 17.8. The Morgan fingerprint density at radius 2 is 1.46 bits per heavy atom. The van der Waals surface area contributed by atoms with Crippen molar-refractivity contribution < 1.29 is 4.79 Å². The van der Waals surface area contributed by atoms with E-state index in [4.69, 9.17) is 0 Å². The van der Waals surface area contributed by atoms with E-state index in [-0.39, 0.29) is 11.9 Å². The second-order valence-corrected chi connectivity index (χ2v) is 7.60. The van der Waals surface area contributed by atoms with E-state index in [1.165, 1.54) is 11.1 Å². The van der Waals surface area contributed by atoms with Gasteiger partial charge in [0, 0.05) is 31.1 Å². The maximum atomic E-state index is 13.3. The van der Waals surface area contributed by atoms with E-state index in [9.17, 15) is 4.79 Å². The van der Waals surface area contributed by atoms with Crippen LogP contribution in [0.3, 0.4) is 0 Å². The van der Waals surface area contributed by atoms with Crippen LogP contribution in [0.15, 0.2) is 78.2 Å². The van der Waals surface area contributed by atoms with Gasteiger partial charge in [0.2, 0.25) is 5.91 Å². The first kappa shape index (κ1) is 17.0. The highest BCUT2D eigenvalue weighted by Gasteiger charge is 2.36. The predicted octanol–water partition coefficient (Wildman–Crippen LogP) is 4.33. The van der Waals surface area contributed by atoms with Gasteiger partial charge in [0.25, 0.3) is 0 Å². The lowest BCUT2D eigenvalue weighted by atomic mass is 10.1. The highest BCUT2D eigenvalue weighted by atomic mass is 32.1. The molecule has 1 saturated heterocycles. The molecule has 1 unspecified atom stereocenters. The zero-order valence-electron chi connectivity index (χ0n) is 14.6. The number of carbonyl (C=O) groups is 1. The molecule has 132 valence electrons. The first-order chi connectivity index (χ1) is 12.8. The van der Waals surface area contributed by atoms with Crippen molar-refractivity contribution in [3.63, 3.8) is 0 Å². The quantitative estimate of drug-likeness (QED) is 0.674. The summed E-state index contributed by atoms with van der Waals surface area (Å²) in [6, 6.07) is 24.6. The van der Waals surface area contributed by atoms with Gasteiger partial charge in [-0.1, -0.05) is 66.7 Å². The zero-order valence-corrected chi connectivity index (χ0v) is 15.4. The predicted molar refractivity (Wildman–Crippen MR) is 106 cm³/mol. The van der Waals surface area contributed by atoms with E-state index >= 15 is 0 Å². The Labute approximate surface area is 158 Å². The summed E-state index contributed by atoms with van der Waals surface area (Å²) in [5, 5.41) is 2.06. The Bertz CT molecular complexity index is 833. The second-order valence-electron chi connectivity index (χ2n) is 6.62. The van der Waals surface area contributed by atoms with Crippen LogP contribution < -0.4 is 0 Å². The third kappa shape index (κ3) is 3.71. The minimum Gasteiger partial charge on any atom is -0.335 e. The largest absolute Gasteiger partial charge is 0.335 e. The van der Waals surface area contributed by atoms with Gasteiger partial charge in [-0.05, 0) is 22.6 Å². The molecule has 3 aromatic rings. The summed E-state index contributed by atoms with van der Waals surface area (Å²) in [6.45, 7) is 3.13. The van der Waals surface area contributed by atoms with Gasteiger partial charge in [0.05, 0.1) is 0 Å². The van der Waals surface area contributed by atoms with Crippen molar-refractivity contribution in [3.05, 3.63) is 94.2 Å². The Morgan fingerprint density at radius 1 is 0.808 bits per heavy atom. The molecular formula is C22H22N2OS. The molecule has 1 aliphatic heterocycles. The van der Waals surface area contributed by atoms with Crippen LogP contribution in [-0.4, -0.2) is 28.8 Å². The monoisotopic (exact) mass is 362 g/mol. The lowest BCUT2D eigenvalue weighted by Gasteiger charge is -2.40. The normalized spacial score (nSPS) is 18.2. The lowest BCUT2D eigenvalue weighted by molar-refractivity contribution is -0.143. The third-order valence-electron chi connectivity index (χ3n) is 4.83. The van der Waals surface area contributed by atoms with Gasteiger partial charge in [-0.15, -0.1) is 11.3 Å². The molecule has 26 heavy (non-hydrogen) atoms. The van der Waals surface area contributed by atoms with E-state index in [1.807, 2.05) is 35.2 Å². The number of nitrogens with zero attached hydrogens (tertiary/aromatic N) is 2. The van der Waals surface area contributed by atoms with Gasteiger partial charge in [0.15, 0.2) is 0 Å². The van der Waals surface area contributed by atoms with Crippen LogP contribution in [0.2, 0.25) is 0 Å². The summed E-state index contributed by atoms with van der Waals surface area (Å²) in [4.78, 5) is 18.8. The molecule has 1 atom stereocenters. The molecule has 0 spiro atoms. The Hall–Kier alpha value is -2.43. The summed E-state index contributed by atoms with van der Waals surface area (Å²) in [5.41, 5.74) is 2.43. The van der Waals surface area contributed by atoms with Crippen molar-refractivity contribution in [3.8, 4) is 0 Å². The van der Waals surface area contributed by atoms with E-state index in [0.717, 1.165) is 24.5 Å². The van der Waals surface area contributed by atoms with Crippen molar-refractivity contribution in [1.82, 2.24) is 9.80 Å². The molecule has 2 aromatic carbocycles. The average Bonchev–Trinajstić information content (AvgIpc) is 3.20. The molecule has 2 heterocycles. The molecule has 3 nitrogen and oxygen atoms in total. The molecule has 1 amide bonds. The number of carbonyl (C=O) groups excluding carboxylic acids is 1. The molecule has 1 aromatic heterocycles. The number of rotatable bonds is 5. The number of thiophene rings is 1. The minimum absolute atomic E-state index is 0.187. The first-order valence-corrected chi connectivity index (χ1v) is 9.83. The first-order valence-electron chi connectivity index (χ1n) is 8.95. The van der Waals surface area contributed by atoms with E-state index in [0.29, 0.717) is 6.54 Å². The molecule has 0 radical (unpaired) electrons. The van der Waals surface area contributed by atoms with Crippen LogP contribution in [0.1, 0.15) is 22.0 Å². The molecule has 4 rings (SSSR count). The average molecular weight is 362 g/mol. The van der Waals surface area contributed by atoms with Gasteiger partial charge >= 0.3 is 0 Å². The van der Waals surface area contributed by atoms with Gasteiger partial charge in [0.1, 0.15) is 6.04 Å². The lowest BCUT2D eigenvalue weighted by Crippen LogP contribution is -2.51. The second kappa shape index (κ2) is 7.85. The van der Waals surface area contributed by atoms with Crippen molar-refractivity contribution in [2.45, 2.75) is 19.1 Å². The fraction of sp³-hybridized carbons (Fsp3) is 0.227. The van der Waals surface area contributed by atoms with Crippen molar-refractivity contribution >= 4 is 17.2 Å². The minimum atomic E-state index is -0.187. The van der Waals surface area contributed by atoms with E-state index in [2.05, 4.69) is 52.7 Å².